The molecule has 2 aromatic heterocycles. The third-order valence-corrected chi connectivity index (χ3v) is 7.09. The molecule has 5 N–H and O–H groups in total. The molecule has 1 fully saturated rings. The highest BCUT2D eigenvalue weighted by Gasteiger charge is 2.50. The number of nitrogens with two attached hydrogens (primary N) is 1. The number of carboxylic acids is 2. The number of aromatic carboxylic acids is 1. The first-order chi connectivity index (χ1) is 17.1. The van der Waals surface area contributed by atoms with Crippen molar-refractivity contribution in [2.24, 2.45) is 5.16 Å². The number of β-lactam (4-membered cyclic amide) rings is 1. The fourth-order valence-corrected chi connectivity index (χ4v) is 4.97. The van der Waals surface area contributed by atoms with Gasteiger partial charge >= 0.3 is 11.9 Å². The second-order valence-corrected chi connectivity index (χ2v) is 9.62. The molecular formula is C20H20N7O7S2+. The number of anilines is 1. The molecule has 16 heteroatoms. The van der Waals surface area contributed by atoms with Gasteiger partial charge in [0.05, 0.1) is 5.56 Å². The number of nitrogens with zero attached hydrogens (tertiary/aromatic N) is 5. The van der Waals surface area contributed by atoms with Gasteiger partial charge in [0.25, 0.3) is 11.8 Å². The lowest BCUT2D eigenvalue weighted by Crippen LogP contribution is -2.69. The van der Waals surface area contributed by atoms with Crippen molar-refractivity contribution in [3.63, 3.8) is 0 Å². The standard InChI is InChI=1S/C20H19N7O7S2/c1-9(18(30)31)34-24-12(14-23-20(21)36-25-14)15(28)22-13-16(29)27-7-10(8-35-17(13)27)6-26-4-2-11(3-5-26)19(32)33/h2-5,7,9,13,17H,6,8H2,1H3,(H4-,21,22,23,25,28,30,31,32,33)/p+1/t9?,13?,17-/m0/s1. The van der Waals surface area contributed by atoms with Gasteiger partial charge in [0.1, 0.15) is 11.4 Å². The van der Waals surface area contributed by atoms with Crippen LogP contribution in [0.15, 0.2) is 41.5 Å². The van der Waals surface area contributed by atoms with Crippen molar-refractivity contribution in [3.05, 3.63) is 47.7 Å². The van der Waals surface area contributed by atoms with E-state index < -0.39 is 35.7 Å². The summed E-state index contributed by atoms with van der Waals surface area (Å²) in [7, 11) is 0. The molecule has 1 saturated heterocycles. The van der Waals surface area contributed by atoms with Crippen LogP contribution < -0.4 is 15.6 Å². The third-order valence-electron chi connectivity index (χ3n) is 5.17. The van der Waals surface area contributed by atoms with Crippen molar-refractivity contribution < 1.29 is 38.8 Å². The van der Waals surface area contributed by atoms with Crippen LogP contribution in [-0.2, 0) is 25.8 Å². The first-order valence-electron chi connectivity index (χ1n) is 10.4. The van der Waals surface area contributed by atoms with E-state index in [-0.39, 0.29) is 27.8 Å². The quantitative estimate of drug-likeness (QED) is 0.137. The van der Waals surface area contributed by atoms with E-state index >= 15 is 0 Å². The van der Waals surface area contributed by atoms with Gasteiger partial charge in [-0.05, 0) is 6.92 Å². The second kappa shape index (κ2) is 10.3. The van der Waals surface area contributed by atoms with Gasteiger partial charge in [-0.1, -0.05) is 5.16 Å². The van der Waals surface area contributed by atoms with E-state index in [4.69, 9.17) is 20.8 Å². The topological polar surface area (TPSA) is 201 Å². The summed E-state index contributed by atoms with van der Waals surface area (Å²) >= 11 is 2.27. The molecule has 0 saturated carbocycles. The smallest absolute Gasteiger partial charge is 0.347 e. The van der Waals surface area contributed by atoms with Crippen LogP contribution in [0.2, 0.25) is 0 Å². The second-order valence-electron chi connectivity index (χ2n) is 7.73. The number of amides is 2. The molecule has 36 heavy (non-hydrogen) atoms. The molecule has 0 radical (unpaired) electrons. The molecule has 0 aromatic carbocycles. The average Bonchev–Trinajstić information content (AvgIpc) is 3.28. The van der Waals surface area contributed by atoms with Gasteiger partial charge in [0.2, 0.25) is 17.6 Å². The van der Waals surface area contributed by atoms with Gasteiger partial charge in [-0.2, -0.15) is 9.36 Å². The lowest BCUT2D eigenvalue weighted by atomic mass is 10.1. The number of hydrogen-bond donors (Lipinski definition) is 4. The number of aromatic nitrogens is 3. The van der Waals surface area contributed by atoms with Gasteiger partial charge in [0, 0.05) is 41.2 Å². The fourth-order valence-electron chi connectivity index (χ4n) is 3.29. The van der Waals surface area contributed by atoms with E-state index in [0.29, 0.717) is 12.3 Å². The summed E-state index contributed by atoms with van der Waals surface area (Å²) in [5.74, 6) is -3.02. The highest BCUT2D eigenvalue weighted by Crippen LogP contribution is 2.36. The normalized spacial score (nSPS) is 20.0. The van der Waals surface area contributed by atoms with Crippen LogP contribution in [0.3, 0.4) is 0 Å². The van der Waals surface area contributed by atoms with E-state index in [0.717, 1.165) is 17.1 Å². The predicted octanol–water partition coefficient (Wildman–Crippen LogP) is -0.716. The molecule has 2 aliphatic rings. The van der Waals surface area contributed by atoms with E-state index in [9.17, 15) is 19.2 Å². The molecule has 2 amide bonds. The Morgan fingerprint density at radius 3 is 2.69 bits per heavy atom. The zero-order valence-corrected chi connectivity index (χ0v) is 20.2. The molecule has 3 atom stereocenters. The van der Waals surface area contributed by atoms with Crippen molar-refractivity contribution in [3.8, 4) is 0 Å². The molecule has 2 aliphatic heterocycles. The van der Waals surface area contributed by atoms with Crippen molar-refractivity contribution in [2.45, 2.75) is 31.0 Å². The lowest BCUT2D eigenvalue weighted by Gasteiger charge is -2.47. The van der Waals surface area contributed by atoms with Crippen LogP contribution in [0.25, 0.3) is 0 Å². The van der Waals surface area contributed by atoms with Crippen molar-refractivity contribution in [1.29, 1.82) is 0 Å². The maximum absolute atomic E-state index is 12.9. The van der Waals surface area contributed by atoms with Crippen LogP contribution in [0.5, 0.6) is 0 Å². The number of carbonyl (C=O) groups excluding carboxylic acids is 2. The molecule has 14 nitrogen and oxygen atoms in total. The Kier molecular flexibility index (Phi) is 7.16. The summed E-state index contributed by atoms with van der Waals surface area (Å²) in [6.07, 6.45) is 3.69. The number of rotatable bonds is 9. The Balaban J connectivity index is 1.42. The summed E-state index contributed by atoms with van der Waals surface area (Å²) in [4.78, 5) is 58.0. The Morgan fingerprint density at radius 1 is 1.36 bits per heavy atom. The minimum absolute atomic E-state index is 0.0682. The van der Waals surface area contributed by atoms with E-state index in [2.05, 4.69) is 19.8 Å². The number of thioether (sulfide) groups is 1. The van der Waals surface area contributed by atoms with Crippen LogP contribution in [0.4, 0.5) is 5.13 Å². The summed E-state index contributed by atoms with van der Waals surface area (Å²) < 4.78 is 5.72. The molecule has 0 spiro atoms. The number of fused-ring (bicyclic) bond motifs is 1. The zero-order valence-electron chi connectivity index (χ0n) is 18.6. The Hall–Kier alpha value is -4.05. The molecule has 4 heterocycles. The first kappa shape index (κ1) is 25.1. The summed E-state index contributed by atoms with van der Waals surface area (Å²) in [5.41, 5.74) is 6.29. The largest absolute Gasteiger partial charge is 0.478 e. The van der Waals surface area contributed by atoms with E-state index in [1.807, 2.05) is 0 Å². The summed E-state index contributed by atoms with van der Waals surface area (Å²) in [6, 6.07) is 2.14. The Labute approximate surface area is 211 Å². The van der Waals surface area contributed by atoms with Crippen molar-refractivity contribution in [1.82, 2.24) is 19.6 Å². The minimum atomic E-state index is -1.33. The number of aliphatic carboxylic acids is 1. The molecule has 0 aliphatic carbocycles. The molecular weight excluding hydrogens is 514 g/mol. The van der Waals surface area contributed by atoms with Gasteiger partial charge in [-0.15, -0.1) is 11.8 Å². The van der Waals surface area contributed by atoms with Gasteiger partial charge in [-0.25, -0.2) is 14.2 Å². The van der Waals surface area contributed by atoms with Gasteiger partial charge < -0.3 is 31.0 Å². The molecule has 2 unspecified atom stereocenters. The fraction of sp³-hybridized carbons (Fsp3) is 0.300. The summed E-state index contributed by atoms with van der Waals surface area (Å²) in [5, 5.41) is 23.9. The number of carboxylic acid groups (broad SMARTS) is 2. The third kappa shape index (κ3) is 5.28. The number of pyridine rings is 1. The Bertz CT molecular complexity index is 1280. The maximum Gasteiger partial charge on any atom is 0.347 e. The maximum atomic E-state index is 12.9. The first-order valence-corrected chi connectivity index (χ1v) is 12.2. The van der Waals surface area contributed by atoms with Crippen molar-refractivity contribution >= 4 is 57.9 Å². The monoisotopic (exact) mass is 534 g/mol. The van der Waals surface area contributed by atoms with E-state index in [1.165, 1.54) is 35.7 Å². The van der Waals surface area contributed by atoms with Crippen LogP contribution in [0.1, 0.15) is 23.1 Å². The van der Waals surface area contributed by atoms with Gasteiger partial charge in [0.15, 0.2) is 24.1 Å². The van der Waals surface area contributed by atoms with Gasteiger partial charge in [-0.3, -0.25) is 9.59 Å². The molecule has 188 valence electrons. The SMILES string of the molecule is CC(ON=C(C(=O)NC1C(=O)N2C=C(C[n+]3ccc(C(=O)O)cc3)CS[C@@H]12)c1nsc(N)n1)C(=O)O. The molecule has 2 aromatic rings. The Morgan fingerprint density at radius 2 is 2.08 bits per heavy atom. The highest BCUT2D eigenvalue weighted by atomic mass is 32.2. The zero-order chi connectivity index (χ0) is 26.0. The number of oxime groups is 1. The van der Waals surface area contributed by atoms with Crippen LogP contribution >= 0.6 is 23.3 Å². The number of nitrogens with one attached hydrogen (secondary N) is 1. The van der Waals surface area contributed by atoms with Crippen molar-refractivity contribution in [2.75, 3.05) is 11.5 Å². The average molecular weight is 535 g/mol. The summed E-state index contributed by atoms with van der Waals surface area (Å²) in [6.45, 7) is 1.70. The number of nitrogen functional groups attached to an aromatic ring is 1. The van der Waals surface area contributed by atoms with E-state index in [1.54, 1.807) is 23.2 Å². The molecule has 4 rings (SSSR count). The lowest BCUT2D eigenvalue weighted by molar-refractivity contribution is -0.689. The highest BCUT2D eigenvalue weighted by molar-refractivity contribution is 8.00. The molecule has 0 bridgehead atoms. The minimum Gasteiger partial charge on any atom is -0.478 e. The number of carbonyl (C=O) groups is 4. The number of hydrogen-bond acceptors (Lipinski definition) is 11. The van der Waals surface area contributed by atoms with Crippen LogP contribution in [-0.4, -0.2) is 77.2 Å². The predicted molar refractivity (Wildman–Crippen MR) is 126 cm³/mol. The van der Waals surface area contributed by atoms with Crippen LogP contribution in [0, 0.1) is 0 Å².